The highest BCUT2D eigenvalue weighted by Crippen LogP contribution is 2.41. The van der Waals surface area contributed by atoms with E-state index in [-0.39, 0.29) is 11.1 Å². The fourth-order valence-corrected chi connectivity index (χ4v) is 10.0. The molecule has 0 amide bonds. The van der Waals surface area contributed by atoms with E-state index in [0.29, 0.717) is 5.88 Å². The van der Waals surface area contributed by atoms with Crippen LogP contribution in [0.25, 0.3) is 0 Å². The molecule has 1 heterocycles. The molecule has 0 aliphatic heterocycles. The number of allylic oxidation sites excluding steroid dienone is 4. The van der Waals surface area contributed by atoms with Crippen LogP contribution in [-0.2, 0) is 4.43 Å². The minimum absolute atomic E-state index is 0.0386. The summed E-state index contributed by atoms with van der Waals surface area (Å²) in [6.45, 7) is 9.21. The van der Waals surface area contributed by atoms with Gasteiger partial charge in [0.1, 0.15) is 0 Å². The molecule has 0 aliphatic carbocycles. The first-order valence-electron chi connectivity index (χ1n) is 11.6. The lowest BCUT2D eigenvalue weighted by Crippen LogP contribution is -2.66. The molecule has 0 bridgehead atoms. The average Bonchev–Trinajstić information content (AvgIpc) is 3.35. The van der Waals surface area contributed by atoms with Gasteiger partial charge in [0.2, 0.25) is 0 Å². The molecule has 174 valence electrons. The zero-order valence-electron chi connectivity index (χ0n) is 20.1. The summed E-state index contributed by atoms with van der Waals surface area (Å²) in [5.41, 5.74) is 1.34. The Hall–Kier alpha value is -1.91. The maximum Gasteiger partial charge on any atom is 0.261 e. The van der Waals surface area contributed by atoms with Gasteiger partial charge in [-0.2, -0.15) is 0 Å². The van der Waals surface area contributed by atoms with Crippen LogP contribution >= 0.6 is 22.9 Å². The molecule has 3 aromatic rings. The Kier molecular flexibility index (Phi) is 9.34. The van der Waals surface area contributed by atoms with Crippen molar-refractivity contribution in [2.45, 2.75) is 51.7 Å². The third kappa shape index (κ3) is 6.36. The second-order valence-electron chi connectivity index (χ2n) is 9.42. The maximum atomic E-state index is 7.48. The van der Waals surface area contributed by atoms with E-state index in [4.69, 9.17) is 16.0 Å². The number of halogens is 1. The number of benzene rings is 2. The van der Waals surface area contributed by atoms with Gasteiger partial charge in [0, 0.05) is 10.8 Å². The fraction of sp³-hybridized carbons (Fsp3) is 0.310. The fourth-order valence-electron chi connectivity index (χ4n) is 4.36. The first kappa shape index (κ1) is 25.7. The molecule has 0 radical (unpaired) electrons. The Morgan fingerprint density at radius 1 is 0.970 bits per heavy atom. The monoisotopic (exact) mass is 494 g/mol. The van der Waals surface area contributed by atoms with E-state index in [2.05, 4.69) is 112 Å². The summed E-state index contributed by atoms with van der Waals surface area (Å²) >= 11 is 7.57. The SMILES string of the molecule is C/C(=C\C=C\CCl)CCC(O[Si](c1ccccc1)(c1ccccc1)C(C)(C)C)c1cccs1. The summed E-state index contributed by atoms with van der Waals surface area (Å²) in [4.78, 5) is 1.30. The van der Waals surface area contributed by atoms with Gasteiger partial charge < -0.3 is 4.43 Å². The third-order valence-electron chi connectivity index (χ3n) is 6.00. The Morgan fingerprint density at radius 2 is 1.58 bits per heavy atom. The molecular weight excluding hydrogens is 460 g/mol. The highest BCUT2D eigenvalue weighted by atomic mass is 35.5. The molecule has 0 saturated heterocycles. The van der Waals surface area contributed by atoms with E-state index in [1.54, 1.807) is 11.3 Å². The summed E-state index contributed by atoms with van der Waals surface area (Å²) in [5.74, 6) is 0.540. The molecule has 0 saturated carbocycles. The third-order valence-corrected chi connectivity index (χ3v) is 12.2. The molecule has 0 spiro atoms. The minimum atomic E-state index is -2.62. The second-order valence-corrected chi connectivity index (χ2v) is 15.0. The quantitative estimate of drug-likeness (QED) is 0.158. The van der Waals surface area contributed by atoms with Crippen LogP contribution < -0.4 is 10.4 Å². The Morgan fingerprint density at radius 3 is 2.06 bits per heavy atom. The molecule has 0 N–H and O–H groups in total. The number of hydrogen-bond donors (Lipinski definition) is 0. The first-order valence-corrected chi connectivity index (χ1v) is 14.9. The topological polar surface area (TPSA) is 9.23 Å². The van der Waals surface area contributed by atoms with Gasteiger partial charge in [-0.15, -0.1) is 22.9 Å². The highest BCUT2D eigenvalue weighted by Gasteiger charge is 2.51. The zero-order chi connectivity index (χ0) is 23.7. The van der Waals surface area contributed by atoms with Gasteiger partial charge in [0.05, 0.1) is 6.10 Å². The molecule has 1 aromatic heterocycles. The van der Waals surface area contributed by atoms with E-state index in [0.717, 1.165) is 12.8 Å². The van der Waals surface area contributed by atoms with Crippen LogP contribution in [0.3, 0.4) is 0 Å². The predicted octanol–water partition coefficient (Wildman–Crippen LogP) is 7.89. The van der Waals surface area contributed by atoms with Crippen LogP contribution in [0.1, 0.15) is 51.5 Å². The van der Waals surface area contributed by atoms with Crippen LogP contribution in [-0.4, -0.2) is 14.2 Å². The Labute approximate surface area is 209 Å². The largest absolute Gasteiger partial charge is 0.400 e. The highest BCUT2D eigenvalue weighted by molar-refractivity contribution is 7.10. The lowest BCUT2D eigenvalue weighted by atomic mass is 10.1. The van der Waals surface area contributed by atoms with E-state index in [9.17, 15) is 0 Å². The molecule has 0 aliphatic rings. The summed E-state index contributed by atoms with van der Waals surface area (Å²) in [6.07, 6.45) is 8.15. The number of thiophene rings is 1. The van der Waals surface area contributed by atoms with Crippen LogP contribution in [0.15, 0.2) is 102 Å². The van der Waals surface area contributed by atoms with Crippen molar-refractivity contribution in [1.29, 1.82) is 0 Å². The summed E-state index contributed by atoms with van der Waals surface area (Å²) in [5, 5.41) is 4.76. The molecule has 3 rings (SSSR count). The van der Waals surface area contributed by atoms with Crippen LogP contribution in [0.5, 0.6) is 0 Å². The lowest BCUT2D eigenvalue weighted by molar-refractivity contribution is 0.184. The van der Waals surface area contributed by atoms with Crippen LogP contribution in [0.2, 0.25) is 5.04 Å². The van der Waals surface area contributed by atoms with Gasteiger partial charge in [0.15, 0.2) is 0 Å². The Balaban J connectivity index is 2.06. The first-order chi connectivity index (χ1) is 15.9. The van der Waals surface area contributed by atoms with Crippen LogP contribution in [0.4, 0.5) is 0 Å². The standard InChI is InChI=1S/C29H35ClOSSi/c1-24(14-11-12-22-30)20-21-27(28-19-13-23-32-28)31-33(29(2,3)4,25-15-7-5-8-16-25)26-17-9-6-10-18-26/h5-19,23,27H,20-22H2,1-4H3/b12-11+,24-14+. The molecule has 4 heteroatoms. The molecule has 1 atom stereocenters. The smallest absolute Gasteiger partial charge is 0.261 e. The molecule has 2 aromatic carbocycles. The predicted molar refractivity (Wildman–Crippen MR) is 149 cm³/mol. The van der Waals surface area contributed by atoms with Gasteiger partial charge in [-0.3, -0.25) is 0 Å². The van der Waals surface area contributed by atoms with Crippen molar-refractivity contribution in [3.05, 3.63) is 107 Å². The number of alkyl halides is 1. The van der Waals surface area contributed by atoms with Crippen molar-refractivity contribution < 1.29 is 4.43 Å². The van der Waals surface area contributed by atoms with E-state index < -0.39 is 8.32 Å². The van der Waals surface area contributed by atoms with Gasteiger partial charge in [-0.05, 0) is 46.6 Å². The number of rotatable bonds is 10. The molecule has 0 fully saturated rings. The van der Waals surface area contributed by atoms with Crippen molar-refractivity contribution in [1.82, 2.24) is 0 Å². The molecule has 1 unspecified atom stereocenters. The van der Waals surface area contributed by atoms with Crippen molar-refractivity contribution in [2.75, 3.05) is 5.88 Å². The zero-order valence-corrected chi connectivity index (χ0v) is 22.7. The van der Waals surface area contributed by atoms with Gasteiger partial charge in [-0.25, -0.2) is 0 Å². The summed E-state index contributed by atoms with van der Waals surface area (Å²) in [7, 11) is -2.62. The van der Waals surface area contributed by atoms with Gasteiger partial charge >= 0.3 is 0 Å². The normalized spacial score (nSPS) is 14.0. The van der Waals surface area contributed by atoms with Crippen molar-refractivity contribution in [2.24, 2.45) is 0 Å². The van der Waals surface area contributed by atoms with Crippen molar-refractivity contribution in [3.63, 3.8) is 0 Å². The molecular formula is C29H35ClOSSi. The number of hydrogen-bond acceptors (Lipinski definition) is 2. The average molecular weight is 495 g/mol. The molecule has 33 heavy (non-hydrogen) atoms. The van der Waals surface area contributed by atoms with Gasteiger partial charge in [-0.1, -0.05) is 111 Å². The summed E-state index contributed by atoms with van der Waals surface area (Å²) in [6, 6.07) is 26.2. The second kappa shape index (κ2) is 12.0. The molecule has 1 nitrogen and oxygen atoms in total. The van der Waals surface area contributed by atoms with Crippen LogP contribution in [0, 0.1) is 0 Å². The minimum Gasteiger partial charge on any atom is -0.400 e. The Bertz CT molecular complexity index is 981. The van der Waals surface area contributed by atoms with E-state index in [1.165, 1.54) is 20.8 Å². The van der Waals surface area contributed by atoms with E-state index in [1.807, 2.05) is 12.2 Å². The van der Waals surface area contributed by atoms with Crippen molar-refractivity contribution >= 4 is 41.6 Å². The van der Waals surface area contributed by atoms with Crippen molar-refractivity contribution in [3.8, 4) is 0 Å². The summed E-state index contributed by atoms with van der Waals surface area (Å²) < 4.78 is 7.48. The van der Waals surface area contributed by atoms with E-state index >= 15 is 0 Å². The lowest BCUT2D eigenvalue weighted by Gasteiger charge is -2.45. The maximum absolute atomic E-state index is 7.48. The van der Waals surface area contributed by atoms with Gasteiger partial charge in [0.25, 0.3) is 8.32 Å².